The smallest absolute Gasteiger partial charge is 0.212 e. The van der Waals surface area contributed by atoms with Crippen LogP contribution in [0.4, 0.5) is 0 Å². The fraction of sp³-hybridized carbons (Fsp3) is 1.00. The molecule has 86 valence electrons. The van der Waals surface area contributed by atoms with Crippen molar-refractivity contribution in [2.75, 3.05) is 14.1 Å². The molecule has 0 aromatic carbocycles. The van der Waals surface area contributed by atoms with E-state index in [-0.39, 0.29) is 0 Å². The summed E-state index contributed by atoms with van der Waals surface area (Å²) < 4.78 is 32.5. The first-order valence-corrected chi connectivity index (χ1v) is 6.62. The molecule has 0 aliphatic rings. The van der Waals surface area contributed by atoms with E-state index < -0.39 is 15.2 Å². The topological polar surface area (TPSA) is 37.4 Å². The molecule has 0 radical (unpaired) electrons. The van der Waals surface area contributed by atoms with Crippen LogP contribution in [0.1, 0.15) is 47.3 Å². The van der Waals surface area contributed by atoms with Crippen LogP contribution in [0.3, 0.4) is 0 Å². The molecule has 0 saturated carbocycles. The summed E-state index contributed by atoms with van der Waals surface area (Å²) in [6, 6.07) is 0. The minimum Gasteiger partial charge on any atom is -0.212 e. The van der Waals surface area contributed by atoms with Crippen LogP contribution >= 0.6 is 0 Å². The number of nitrogens with zero attached hydrogens (tertiary/aromatic N) is 1. The van der Waals surface area contributed by atoms with Crippen LogP contribution in [0.2, 0.25) is 0 Å². The van der Waals surface area contributed by atoms with Crippen LogP contribution in [0.15, 0.2) is 0 Å². The van der Waals surface area contributed by atoms with Crippen LogP contribution in [0.25, 0.3) is 0 Å². The average molecular weight is 222 g/mol. The normalized spacial score (nSPS) is 17.9. The zero-order valence-corrected chi connectivity index (χ0v) is 10.5. The van der Waals surface area contributed by atoms with Gasteiger partial charge in [0, 0.05) is 15.5 Å². The summed E-state index contributed by atoms with van der Waals surface area (Å²) in [6.07, 6.45) is 4.45. The molecule has 14 heavy (non-hydrogen) atoms. The number of unbranched alkanes of at least 4 members (excludes halogenated alkanes) is 3. The first kappa shape index (κ1) is 12.0. The highest BCUT2D eigenvalue weighted by atomic mass is 32.2. The van der Waals surface area contributed by atoms with Crippen LogP contribution < -0.4 is 0 Å². The van der Waals surface area contributed by atoms with Crippen molar-refractivity contribution in [1.29, 1.82) is 0 Å². The molecule has 0 bridgehead atoms. The Labute approximate surface area is 89.9 Å². The lowest BCUT2D eigenvalue weighted by Crippen LogP contribution is -2.31. The molecule has 1 atom stereocenters. The third-order valence-corrected chi connectivity index (χ3v) is 4.35. The van der Waals surface area contributed by atoms with Gasteiger partial charge in [-0.3, -0.25) is 0 Å². The predicted molar refractivity (Wildman–Crippen MR) is 60.8 cm³/mol. The van der Waals surface area contributed by atoms with Crippen molar-refractivity contribution in [3.63, 3.8) is 0 Å². The van der Waals surface area contributed by atoms with E-state index in [0.717, 1.165) is 30.0 Å². The molecule has 0 fully saturated rings. The molecule has 0 spiro atoms. The van der Waals surface area contributed by atoms with Crippen molar-refractivity contribution in [3.05, 3.63) is 0 Å². The molecule has 4 heteroatoms. The fourth-order valence-electron chi connectivity index (χ4n) is 1.24. The van der Waals surface area contributed by atoms with Crippen molar-refractivity contribution in [2.45, 2.75) is 51.2 Å². The maximum Gasteiger partial charge on any atom is 0.216 e. The highest BCUT2D eigenvalue weighted by Crippen LogP contribution is 2.13. The summed E-state index contributed by atoms with van der Waals surface area (Å²) in [5.74, 6) is 0. The number of hydrogen-bond donors (Lipinski definition) is 0. The summed E-state index contributed by atoms with van der Waals surface area (Å²) in [4.78, 5) is 0. The second kappa shape index (κ2) is 6.40. The van der Waals surface area contributed by atoms with E-state index in [4.69, 9.17) is 1.37 Å². The molecule has 0 aromatic rings. The Hall–Kier alpha value is -0.0900. The van der Waals surface area contributed by atoms with Crippen LogP contribution in [-0.4, -0.2) is 32.0 Å². The molecule has 3 nitrogen and oxygen atoms in total. The quantitative estimate of drug-likeness (QED) is 0.619. The third kappa shape index (κ3) is 4.42. The minimum absolute atomic E-state index is 0.410. The van der Waals surface area contributed by atoms with Gasteiger partial charge < -0.3 is 0 Å². The van der Waals surface area contributed by atoms with Gasteiger partial charge in [-0.2, -0.15) is 0 Å². The van der Waals surface area contributed by atoms with Gasteiger partial charge in [-0.25, -0.2) is 12.7 Å². The van der Waals surface area contributed by atoms with Gasteiger partial charge in [-0.1, -0.05) is 32.6 Å². The molecular weight excluding hydrogens is 198 g/mol. The van der Waals surface area contributed by atoms with Crippen molar-refractivity contribution < 1.29 is 9.79 Å². The van der Waals surface area contributed by atoms with Gasteiger partial charge in [0.2, 0.25) is 10.0 Å². The lowest BCUT2D eigenvalue weighted by Gasteiger charge is -2.17. The fourth-order valence-corrected chi connectivity index (χ4v) is 2.27. The molecule has 0 aromatic heterocycles. The van der Waals surface area contributed by atoms with Crippen molar-refractivity contribution in [1.82, 2.24) is 4.31 Å². The first-order chi connectivity index (χ1) is 6.75. The number of hydrogen-bond acceptors (Lipinski definition) is 2. The number of rotatable bonds is 7. The van der Waals surface area contributed by atoms with Crippen LogP contribution in [-0.2, 0) is 10.0 Å². The van der Waals surface area contributed by atoms with E-state index >= 15 is 0 Å². The molecule has 0 aliphatic carbocycles. The monoisotopic (exact) mass is 222 g/mol. The Bertz CT molecular complexity index is 273. The summed E-state index contributed by atoms with van der Waals surface area (Å²) in [5, 5.41) is -1.38. The molecule has 0 heterocycles. The Morgan fingerprint density at radius 2 is 1.86 bits per heavy atom. The van der Waals surface area contributed by atoms with Crippen molar-refractivity contribution >= 4 is 10.0 Å². The largest absolute Gasteiger partial charge is 0.216 e. The molecule has 0 rings (SSSR count). The summed E-state index contributed by atoms with van der Waals surface area (Å²) >= 11 is 0. The van der Waals surface area contributed by atoms with Gasteiger partial charge >= 0.3 is 0 Å². The Morgan fingerprint density at radius 3 is 2.29 bits per heavy atom. The Morgan fingerprint density at radius 1 is 1.29 bits per heavy atom. The van der Waals surface area contributed by atoms with E-state index in [9.17, 15) is 8.42 Å². The Kier molecular flexibility index (Phi) is 5.48. The van der Waals surface area contributed by atoms with E-state index in [1.807, 2.05) is 0 Å². The van der Waals surface area contributed by atoms with E-state index in [1.54, 1.807) is 0 Å². The average Bonchev–Trinajstić information content (AvgIpc) is 2.12. The Balaban J connectivity index is 4.30. The lowest BCUT2D eigenvalue weighted by atomic mass is 10.1. The third-order valence-electron chi connectivity index (χ3n) is 2.30. The molecule has 0 saturated heterocycles. The summed E-state index contributed by atoms with van der Waals surface area (Å²) in [5.41, 5.74) is 0. The van der Waals surface area contributed by atoms with Gasteiger partial charge in [-0.15, -0.1) is 0 Å². The number of sulfonamides is 1. The molecule has 0 aliphatic heterocycles. The van der Waals surface area contributed by atoms with E-state index in [2.05, 4.69) is 6.92 Å². The van der Waals surface area contributed by atoms with Gasteiger partial charge in [0.1, 0.15) is 0 Å². The molecular formula is C10H23NO2S. The highest BCUT2D eigenvalue weighted by molar-refractivity contribution is 7.89. The van der Waals surface area contributed by atoms with Gasteiger partial charge in [0.05, 0.1) is 5.23 Å². The zero-order valence-electron chi connectivity index (χ0n) is 10.7. The standard InChI is InChI=1S/C10H23NO2S/c1-5-6-7-8-9-10(2)14(12,13)11(3)4/h10H,5-9H2,1-4H3/t10-/m1/s1/i10D. The van der Waals surface area contributed by atoms with Crippen molar-refractivity contribution in [3.8, 4) is 0 Å². The van der Waals surface area contributed by atoms with E-state index in [1.165, 1.54) is 21.0 Å². The second-order valence-corrected chi connectivity index (χ2v) is 6.18. The first-order valence-electron chi connectivity index (χ1n) is 5.68. The SMILES string of the molecule is [2H][C@@](C)(CCCCCC)S(=O)(=O)N(C)C. The second-order valence-electron chi connectivity index (χ2n) is 3.80. The van der Waals surface area contributed by atoms with E-state index in [0.29, 0.717) is 6.42 Å². The summed E-state index contributed by atoms with van der Waals surface area (Å²) in [6.45, 7) is 3.59. The van der Waals surface area contributed by atoms with Gasteiger partial charge in [-0.05, 0) is 13.3 Å². The predicted octanol–water partition coefficient (Wildman–Crippen LogP) is 2.24. The van der Waals surface area contributed by atoms with Gasteiger partial charge in [0.25, 0.3) is 0 Å². The highest BCUT2D eigenvalue weighted by Gasteiger charge is 2.22. The lowest BCUT2D eigenvalue weighted by molar-refractivity contribution is 0.497. The molecule has 0 amide bonds. The van der Waals surface area contributed by atoms with Gasteiger partial charge in [0.15, 0.2) is 0 Å². The molecule has 0 unspecified atom stereocenters. The minimum atomic E-state index is -3.46. The van der Waals surface area contributed by atoms with Crippen LogP contribution in [0.5, 0.6) is 0 Å². The summed E-state index contributed by atoms with van der Waals surface area (Å²) in [7, 11) is -0.503. The van der Waals surface area contributed by atoms with Crippen LogP contribution in [0, 0.1) is 0 Å². The van der Waals surface area contributed by atoms with Crippen molar-refractivity contribution in [2.24, 2.45) is 0 Å². The zero-order chi connectivity index (χ0) is 12.1. The maximum atomic E-state index is 11.8. The maximum absolute atomic E-state index is 11.8. The molecule has 0 N–H and O–H groups in total.